The van der Waals surface area contributed by atoms with Crippen molar-refractivity contribution >= 4 is 33.6 Å². The molecule has 6 heteroatoms. The molecule has 0 unspecified atom stereocenters. The summed E-state index contributed by atoms with van der Waals surface area (Å²) in [4.78, 5) is 20.4. The molecule has 2 aromatic carbocycles. The van der Waals surface area contributed by atoms with Gasteiger partial charge in [-0.15, -0.1) is 11.3 Å². The van der Waals surface area contributed by atoms with Crippen molar-refractivity contribution in [1.29, 1.82) is 0 Å². The molecule has 1 N–H and O–H groups in total. The molecule has 0 atom stereocenters. The number of nitrogens with zero attached hydrogens (tertiary/aromatic N) is 3. The lowest BCUT2D eigenvalue weighted by molar-refractivity contribution is -0.115. The molecule has 4 rings (SSSR count). The van der Waals surface area contributed by atoms with Crippen molar-refractivity contribution in [2.75, 3.05) is 23.3 Å². The van der Waals surface area contributed by atoms with Crippen LogP contribution in [0.4, 0.5) is 11.4 Å². The normalized spacial score (nSPS) is 11.0. The van der Waals surface area contributed by atoms with Crippen molar-refractivity contribution in [1.82, 2.24) is 9.38 Å². The van der Waals surface area contributed by atoms with Crippen molar-refractivity contribution in [2.45, 2.75) is 20.3 Å². The number of aromatic nitrogens is 2. The van der Waals surface area contributed by atoms with Gasteiger partial charge >= 0.3 is 0 Å². The van der Waals surface area contributed by atoms with Crippen molar-refractivity contribution in [2.24, 2.45) is 0 Å². The van der Waals surface area contributed by atoms with E-state index in [0.29, 0.717) is 6.42 Å². The van der Waals surface area contributed by atoms with Gasteiger partial charge in [-0.1, -0.05) is 30.3 Å². The van der Waals surface area contributed by atoms with E-state index in [4.69, 9.17) is 0 Å². The van der Waals surface area contributed by atoms with Crippen LogP contribution in [0.15, 0.2) is 66.2 Å². The molecule has 0 bridgehead atoms. The molecule has 0 saturated carbocycles. The predicted octanol–water partition coefficient (Wildman–Crippen LogP) is 5.09. The van der Waals surface area contributed by atoms with Crippen LogP contribution >= 0.6 is 11.3 Å². The topological polar surface area (TPSA) is 49.6 Å². The molecule has 5 nitrogen and oxygen atoms in total. The van der Waals surface area contributed by atoms with Gasteiger partial charge in [-0.3, -0.25) is 9.20 Å². The molecule has 0 radical (unpaired) electrons. The third-order valence-electron chi connectivity index (χ3n) is 4.97. The number of imidazole rings is 1. The third kappa shape index (κ3) is 4.17. The Morgan fingerprint density at radius 2 is 1.79 bits per heavy atom. The Kier molecular flexibility index (Phi) is 5.62. The Labute approximate surface area is 174 Å². The number of hydrogen-bond acceptors (Lipinski definition) is 4. The van der Waals surface area contributed by atoms with E-state index in [9.17, 15) is 4.79 Å². The van der Waals surface area contributed by atoms with Crippen molar-refractivity contribution in [3.63, 3.8) is 0 Å². The zero-order chi connectivity index (χ0) is 20.2. The summed E-state index contributed by atoms with van der Waals surface area (Å²) in [5.74, 6) is -0.0322. The van der Waals surface area contributed by atoms with Crippen LogP contribution in [0.3, 0.4) is 0 Å². The summed E-state index contributed by atoms with van der Waals surface area (Å²) in [7, 11) is 0. The zero-order valence-electron chi connectivity index (χ0n) is 16.6. The molecule has 2 aromatic heterocycles. The lowest BCUT2D eigenvalue weighted by atomic mass is 10.2. The van der Waals surface area contributed by atoms with Crippen LogP contribution in [0.5, 0.6) is 0 Å². The van der Waals surface area contributed by atoms with Gasteiger partial charge in [0.1, 0.15) is 0 Å². The predicted molar refractivity (Wildman–Crippen MR) is 121 cm³/mol. The minimum atomic E-state index is -0.0322. The number of anilines is 2. The van der Waals surface area contributed by atoms with Crippen LogP contribution in [0.2, 0.25) is 0 Å². The van der Waals surface area contributed by atoms with E-state index in [-0.39, 0.29) is 5.91 Å². The van der Waals surface area contributed by atoms with Gasteiger partial charge in [0, 0.05) is 47.3 Å². The number of hydrogen-bond donors (Lipinski definition) is 1. The largest absolute Gasteiger partial charge is 0.372 e. The standard InChI is InChI=1S/C23H24N4OS/c1-3-26(4-2)19-12-10-18(11-13-19)24-22(28)14-20-16-29-23-25-21(15-27(20)23)17-8-6-5-7-9-17/h5-13,15-16H,3-4,14H2,1-2H3,(H,24,28). The van der Waals surface area contributed by atoms with Crippen LogP contribution in [-0.4, -0.2) is 28.4 Å². The van der Waals surface area contributed by atoms with Crippen LogP contribution in [0.25, 0.3) is 16.2 Å². The summed E-state index contributed by atoms with van der Waals surface area (Å²) in [5, 5.41) is 5.00. The second-order valence-electron chi connectivity index (χ2n) is 6.82. The first-order valence-electron chi connectivity index (χ1n) is 9.83. The van der Waals surface area contributed by atoms with E-state index in [0.717, 1.165) is 40.7 Å². The van der Waals surface area contributed by atoms with E-state index in [1.807, 2.05) is 70.6 Å². The molecule has 1 amide bonds. The SMILES string of the molecule is CCN(CC)c1ccc(NC(=O)Cc2csc3nc(-c4ccccc4)cn23)cc1. The molecule has 0 aliphatic heterocycles. The highest BCUT2D eigenvalue weighted by atomic mass is 32.1. The van der Waals surface area contributed by atoms with Crippen LogP contribution in [0.1, 0.15) is 19.5 Å². The lowest BCUT2D eigenvalue weighted by Gasteiger charge is -2.21. The lowest BCUT2D eigenvalue weighted by Crippen LogP contribution is -2.21. The summed E-state index contributed by atoms with van der Waals surface area (Å²) in [5.41, 5.74) is 4.92. The molecule has 2 heterocycles. The molecule has 0 aliphatic carbocycles. The Bertz CT molecular complexity index is 1100. The monoisotopic (exact) mass is 404 g/mol. The van der Waals surface area contributed by atoms with Gasteiger partial charge < -0.3 is 10.2 Å². The Morgan fingerprint density at radius 1 is 1.07 bits per heavy atom. The molecular formula is C23H24N4OS. The molecular weight excluding hydrogens is 380 g/mol. The van der Waals surface area contributed by atoms with Crippen LogP contribution in [0, 0.1) is 0 Å². The van der Waals surface area contributed by atoms with Gasteiger partial charge in [0.2, 0.25) is 5.91 Å². The number of rotatable bonds is 7. The highest BCUT2D eigenvalue weighted by molar-refractivity contribution is 7.15. The second-order valence-corrected chi connectivity index (χ2v) is 7.65. The van der Waals surface area contributed by atoms with E-state index < -0.39 is 0 Å². The minimum Gasteiger partial charge on any atom is -0.372 e. The van der Waals surface area contributed by atoms with Crippen LogP contribution in [-0.2, 0) is 11.2 Å². The fourth-order valence-electron chi connectivity index (χ4n) is 3.42. The summed E-state index contributed by atoms with van der Waals surface area (Å²) in [6.07, 6.45) is 2.31. The van der Waals surface area contributed by atoms with Crippen molar-refractivity contribution < 1.29 is 4.79 Å². The summed E-state index contributed by atoms with van der Waals surface area (Å²) in [6.45, 7) is 6.21. The van der Waals surface area contributed by atoms with Gasteiger partial charge in [0.25, 0.3) is 0 Å². The molecule has 0 fully saturated rings. The molecule has 4 aromatic rings. The first kappa shape index (κ1) is 19.2. The first-order chi connectivity index (χ1) is 14.2. The molecule has 29 heavy (non-hydrogen) atoms. The number of carbonyl (C=O) groups excluding carboxylic acids is 1. The number of fused-ring (bicyclic) bond motifs is 1. The fourth-order valence-corrected chi connectivity index (χ4v) is 4.29. The quantitative estimate of drug-likeness (QED) is 0.467. The number of carbonyl (C=O) groups is 1. The number of nitrogens with one attached hydrogen (secondary N) is 1. The Morgan fingerprint density at radius 3 is 2.48 bits per heavy atom. The van der Waals surface area contributed by atoms with E-state index in [1.165, 1.54) is 5.69 Å². The van der Waals surface area contributed by atoms with E-state index in [2.05, 4.69) is 29.0 Å². The Balaban J connectivity index is 1.46. The van der Waals surface area contributed by atoms with Gasteiger partial charge in [0.05, 0.1) is 12.1 Å². The number of thiazole rings is 1. The van der Waals surface area contributed by atoms with Crippen molar-refractivity contribution in [3.8, 4) is 11.3 Å². The zero-order valence-corrected chi connectivity index (χ0v) is 17.4. The highest BCUT2D eigenvalue weighted by Gasteiger charge is 2.13. The van der Waals surface area contributed by atoms with Gasteiger partial charge in [-0.25, -0.2) is 4.98 Å². The molecule has 148 valence electrons. The summed E-state index contributed by atoms with van der Waals surface area (Å²) in [6, 6.07) is 18.1. The summed E-state index contributed by atoms with van der Waals surface area (Å²) < 4.78 is 2.01. The third-order valence-corrected chi connectivity index (χ3v) is 5.86. The van der Waals surface area contributed by atoms with Crippen LogP contribution < -0.4 is 10.2 Å². The molecule has 0 aliphatic rings. The van der Waals surface area contributed by atoms with Crippen molar-refractivity contribution in [3.05, 3.63) is 71.9 Å². The Hall–Kier alpha value is -3.12. The minimum absolute atomic E-state index is 0.0322. The van der Waals surface area contributed by atoms with E-state index in [1.54, 1.807) is 11.3 Å². The maximum Gasteiger partial charge on any atom is 0.230 e. The van der Waals surface area contributed by atoms with Gasteiger partial charge in [-0.2, -0.15) is 0 Å². The van der Waals surface area contributed by atoms with Gasteiger partial charge in [-0.05, 0) is 38.1 Å². The maximum absolute atomic E-state index is 12.6. The second kappa shape index (κ2) is 8.49. The fraction of sp³-hybridized carbons (Fsp3) is 0.217. The average Bonchev–Trinajstić information content (AvgIpc) is 3.33. The molecule has 0 saturated heterocycles. The van der Waals surface area contributed by atoms with E-state index >= 15 is 0 Å². The smallest absolute Gasteiger partial charge is 0.230 e. The number of amides is 1. The first-order valence-corrected chi connectivity index (χ1v) is 10.7. The average molecular weight is 405 g/mol. The van der Waals surface area contributed by atoms with Gasteiger partial charge in [0.15, 0.2) is 4.96 Å². The number of benzene rings is 2. The highest BCUT2D eigenvalue weighted by Crippen LogP contribution is 2.24. The maximum atomic E-state index is 12.6. The summed E-state index contributed by atoms with van der Waals surface area (Å²) >= 11 is 1.55. The molecule has 0 spiro atoms.